The number of rotatable bonds is 4. The molecule has 1 N–H and O–H groups in total. The van der Waals surface area contributed by atoms with Crippen LogP contribution in [0.3, 0.4) is 0 Å². The predicted molar refractivity (Wildman–Crippen MR) is 79.6 cm³/mol. The minimum absolute atomic E-state index is 0.269. The highest BCUT2D eigenvalue weighted by atomic mass is 35.5. The number of aromatic nitrogens is 1. The van der Waals surface area contributed by atoms with Crippen LogP contribution in [-0.2, 0) is 4.74 Å². The molecule has 1 heterocycles. The molecule has 0 aliphatic heterocycles. The van der Waals surface area contributed by atoms with Gasteiger partial charge in [0.05, 0.1) is 12.2 Å². The fraction of sp³-hybridized carbons (Fsp3) is 0.133. The number of carbonyl (C=O) groups is 2. The highest BCUT2D eigenvalue weighted by Gasteiger charge is 2.11. The quantitative estimate of drug-likeness (QED) is 0.881. The molecule has 2 rings (SSSR count). The van der Waals surface area contributed by atoms with Gasteiger partial charge >= 0.3 is 5.97 Å². The smallest absolute Gasteiger partial charge is 0.338 e. The Kier molecular flexibility index (Phi) is 4.90. The Hall–Kier alpha value is -2.40. The molecule has 0 aliphatic carbocycles. The van der Waals surface area contributed by atoms with Crippen LogP contribution >= 0.6 is 11.6 Å². The summed E-state index contributed by atoms with van der Waals surface area (Å²) in [7, 11) is 0. The Bertz CT molecular complexity index is 673. The first-order valence-corrected chi connectivity index (χ1v) is 6.68. The second-order valence-corrected chi connectivity index (χ2v) is 4.55. The predicted octanol–water partition coefficient (Wildman–Crippen LogP) is 3.16. The maximum absolute atomic E-state index is 12.0. The molecule has 0 fully saturated rings. The maximum atomic E-state index is 12.0. The average Bonchev–Trinajstić information content (AvgIpc) is 2.48. The molecule has 0 saturated carbocycles. The SMILES string of the molecule is CCOC(=O)c1ccnc(NC(=O)c2cccc(Cl)c2)c1. The largest absolute Gasteiger partial charge is 0.462 e. The van der Waals surface area contributed by atoms with Crippen molar-refractivity contribution in [1.29, 1.82) is 0 Å². The van der Waals surface area contributed by atoms with Gasteiger partial charge in [-0.25, -0.2) is 9.78 Å². The van der Waals surface area contributed by atoms with Gasteiger partial charge in [0.2, 0.25) is 0 Å². The summed E-state index contributed by atoms with van der Waals surface area (Å²) in [5.74, 6) is -0.547. The van der Waals surface area contributed by atoms with Crippen LogP contribution in [0.5, 0.6) is 0 Å². The van der Waals surface area contributed by atoms with E-state index in [1.54, 1.807) is 31.2 Å². The van der Waals surface area contributed by atoms with Crippen molar-refractivity contribution in [2.45, 2.75) is 6.92 Å². The summed E-state index contributed by atoms with van der Waals surface area (Å²) < 4.78 is 4.89. The van der Waals surface area contributed by atoms with E-state index in [1.165, 1.54) is 18.3 Å². The van der Waals surface area contributed by atoms with E-state index in [9.17, 15) is 9.59 Å². The first-order chi connectivity index (χ1) is 10.1. The van der Waals surface area contributed by atoms with Crippen LogP contribution in [-0.4, -0.2) is 23.5 Å². The van der Waals surface area contributed by atoms with Crippen LogP contribution in [0.2, 0.25) is 5.02 Å². The molecule has 1 aromatic heterocycles. The van der Waals surface area contributed by atoms with Crippen molar-refractivity contribution < 1.29 is 14.3 Å². The molecule has 0 atom stereocenters. The van der Waals surface area contributed by atoms with E-state index in [0.717, 1.165) is 0 Å². The van der Waals surface area contributed by atoms with Crippen molar-refractivity contribution in [2.75, 3.05) is 11.9 Å². The fourth-order valence-corrected chi connectivity index (χ4v) is 1.85. The van der Waals surface area contributed by atoms with Crippen LogP contribution in [0.1, 0.15) is 27.6 Å². The van der Waals surface area contributed by atoms with Gasteiger partial charge in [-0.2, -0.15) is 0 Å². The lowest BCUT2D eigenvalue weighted by molar-refractivity contribution is 0.0526. The molecule has 21 heavy (non-hydrogen) atoms. The summed E-state index contributed by atoms with van der Waals surface area (Å²) >= 11 is 5.84. The number of halogens is 1. The Balaban J connectivity index is 2.14. The fourth-order valence-electron chi connectivity index (χ4n) is 1.66. The first kappa shape index (κ1) is 15.0. The molecule has 5 nitrogen and oxygen atoms in total. The third-order valence-corrected chi connectivity index (χ3v) is 2.83. The van der Waals surface area contributed by atoms with Crippen molar-refractivity contribution in [1.82, 2.24) is 4.98 Å². The van der Waals surface area contributed by atoms with Crippen LogP contribution in [0, 0.1) is 0 Å². The number of nitrogens with zero attached hydrogens (tertiary/aromatic N) is 1. The molecule has 0 unspecified atom stereocenters. The summed E-state index contributed by atoms with van der Waals surface area (Å²) in [5, 5.41) is 3.07. The van der Waals surface area contributed by atoms with Gasteiger partial charge in [0.25, 0.3) is 5.91 Å². The van der Waals surface area contributed by atoms with Gasteiger partial charge in [0.1, 0.15) is 5.82 Å². The summed E-state index contributed by atoms with van der Waals surface area (Å²) in [5.41, 5.74) is 0.735. The topological polar surface area (TPSA) is 68.3 Å². The summed E-state index contributed by atoms with van der Waals surface area (Å²) in [6.07, 6.45) is 1.43. The Morgan fingerprint density at radius 1 is 1.24 bits per heavy atom. The zero-order chi connectivity index (χ0) is 15.2. The van der Waals surface area contributed by atoms with Gasteiger partial charge in [-0.1, -0.05) is 17.7 Å². The van der Waals surface area contributed by atoms with Gasteiger partial charge < -0.3 is 10.1 Å². The van der Waals surface area contributed by atoms with Crippen molar-refractivity contribution in [3.05, 3.63) is 58.7 Å². The lowest BCUT2D eigenvalue weighted by Gasteiger charge is -2.06. The number of amides is 1. The Morgan fingerprint density at radius 3 is 2.76 bits per heavy atom. The minimum Gasteiger partial charge on any atom is -0.462 e. The van der Waals surface area contributed by atoms with E-state index in [0.29, 0.717) is 16.1 Å². The number of hydrogen-bond donors (Lipinski definition) is 1. The number of ether oxygens (including phenoxy) is 1. The van der Waals surface area contributed by atoms with Crippen molar-refractivity contribution in [3.63, 3.8) is 0 Å². The van der Waals surface area contributed by atoms with Crippen molar-refractivity contribution in [2.24, 2.45) is 0 Å². The van der Waals surface area contributed by atoms with Gasteiger partial charge in [-0.05, 0) is 37.3 Å². The highest BCUT2D eigenvalue weighted by molar-refractivity contribution is 6.31. The number of anilines is 1. The molecule has 0 aliphatic rings. The van der Waals surface area contributed by atoms with Crippen molar-refractivity contribution in [3.8, 4) is 0 Å². The van der Waals surface area contributed by atoms with Gasteiger partial charge in [0, 0.05) is 16.8 Å². The lowest BCUT2D eigenvalue weighted by atomic mass is 10.2. The van der Waals surface area contributed by atoms with E-state index < -0.39 is 5.97 Å². The van der Waals surface area contributed by atoms with E-state index in [-0.39, 0.29) is 18.3 Å². The molecule has 0 radical (unpaired) electrons. The summed E-state index contributed by atoms with van der Waals surface area (Å²) in [4.78, 5) is 27.7. The number of nitrogens with one attached hydrogen (secondary N) is 1. The van der Waals surface area contributed by atoms with Gasteiger partial charge in [-0.3, -0.25) is 4.79 Å². The highest BCUT2D eigenvalue weighted by Crippen LogP contribution is 2.13. The monoisotopic (exact) mass is 304 g/mol. The molecular formula is C15H13ClN2O3. The van der Waals surface area contributed by atoms with Crippen LogP contribution in [0.25, 0.3) is 0 Å². The third kappa shape index (κ3) is 4.03. The number of pyridine rings is 1. The second-order valence-electron chi connectivity index (χ2n) is 4.11. The third-order valence-electron chi connectivity index (χ3n) is 2.60. The van der Waals surface area contributed by atoms with Crippen LogP contribution < -0.4 is 5.32 Å². The summed E-state index contributed by atoms with van der Waals surface area (Å²) in [6, 6.07) is 9.52. The molecular weight excluding hydrogens is 292 g/mol. The lowest BCUT2D eigenvalue weighted by Crippen LogP contribution is -2.14. The second kappa shape index (κ2) is 6.85. The molecule has 6 heteroatoms. The van der Waals surface area contributed by atoms with Crippen LogP contribution in [0.4, 0.5) is 5.82 Å². The van der Waals surface area contributed by atoms with E-state index >= 15 is 0 Å². The minimum atomic E-state index is -0.460. The molecule has 2 aromatic rings. The maximum Gasteiger partial charge on any atom is 0.338 e. The summed E-state index contributed by atoms with van der Waals surface area (Å²) in [6.45, 7) is 2.01. The normalized spacial score (nSPS) is 10.0. The van der Waals surface area contributed by atoms with E-state index in [2.05, 4.69) is 10.3 Å². The first-order valence-electron chi connectivity index (χ1n) is 6.30. The van der Waals surface area contributed by atoms with E-state index in [4.69, 9.17) is 16.3 Å². The zero-order valence-corrected chi connectivity index (χ0v) is 12.1. The number of benzene rings is 1. The molecule has 1 amide bonds. The molecule has 0 spiro atoms. The number of carbonyl (C=O) groups excluding carboxylic acids is 2. The van der Waals surface area contributed by atoms with Crippen LogP contribution in [0.15, 0.2) is 42.6 Å². The molecule has 0 saturated heterocycles. The number of hydrogen-bond acceptors (Lipinski definition) is 4. The Morgan fingerprint density at radius 2 is 2.05 bits per heavy atom. The Labute approximate surface area is 126 Å². The van der Waals surface area contributed by atoms with Crippen molar-refractivity contribution >= 4 is 29.3 Å². The zero-order valence-electron chi connectivity index (χ0n) is 11.3. The average molecular weight is 305 g/mol. The van der Waals surface area contributed by atoms with E-state index in [1.807, 2.05) is 0 Å². The van der Waals surface area contributed by atoms with Gasteiger partial charge in [-0.15, -0.1) is 0 Å². The molecule has 1 aromatic carbocycles. The number of esters is 1. The van der Waals surface area contributed by atoms with Gasteiger partial charge in [0.15, 0.2) is 0 Å². The molecule has 0 bridgehead atoms. The molecule has 108 valence electrons. The standard InChI is InChI=1S/C15H13ClN2O3/c1-2-21-15(20)11-6-7-17-13(9-11)18-14(19)10-4-3-5-12(16)8-10/h3-9H,2H2,1H3,(H,17,18,19).